The van der Waals surface area contributed by atoms with Crippen LogP contribution in [0.25, 0.3) is 21.9 Å². The van der Waals surface area contributed by atoms with E-state index in [4.69, 9.17) is 9.15 Å². The number of hydrogen-bond donors (Lipinski definition) is 1. The van der Waals surface area contributed by atoms with Crippen molar-refractivity contribution in [1.29, 1.82) is 0 Å². The van der Waals surface area contributed by atoms with E-state index < -0.39 is 11.2 Å². The lowest BCUT2D eigenvalue weighted by Gasteiger charge is -2.15. The Morgan fingerprint density at radius 3 is 2.56 bits per heavy atom. The van der Waals surface area contributed by atoms with Gasteiger partial charge in [0.15, 0.2) is 11.3 Å². The molecule has 34 heavy (non-hydrogen) atoms. The topological polar surface area (TPSA) is 81.7 Å². The minimum atomic E-state index is -0.691. The third-order valence-corrected chi connectivity index (χ3v) is 6.74. The van der Waals surface area contributed by atoms with Gasteiger partial charge in [-0.1, -0.05) is 59.8 Å². The summed E-state index contributed by atoms with van der Waals surface area (Å²) in [7, 11) is 1.58. The molecule has 5 aromatic rings. The van der Waals surface area contributed by atoms with Crippen LogP contribution in [0.2, 0.25) is 0 Å². The molecule has 7 heteroatoms. The molecular formula is C27H21NO5S. The molecule has 2 heterocycles. The molecule has 0 aliphatic carbocycles. The quantitative estimate of drug-likeness (QED) is 0.349. The molecule has 0 saturated carbocycles. The van der Waals surface area contributed by atoms with Crippen molar-refractivity contribution in [2.24, 2.45) is 0 Å². The highest BCUT2D eigenvalue weighted by Gasteiger charge is 2.22. The van der Waals surface area contributed by atoms with Crippen LogP contribution in [0.3, 0.4) is 0 Å². The first kappa shape index (κ1) is 21.9. The lowest BCUT2D eigenvalue weighted by Crippen LogP contribution is -2.23. The fourth-order valence-corrected chi connectivity index (χ4v) is 5.04. The van der Waals surface area contributed by atoms with E-state index in [1.807, 2.05) is 61.5 Å². The predicted molar refractivity (Wildman–Crippen MR) is 133 cm³/mol. The van der Waals surface area contributed by atoms with Crippen molar-refractivity contribution >= 4 is 33.6 Å². The first-order valence-corrected chi connectivity index (χ1v) is 11.5. The summed E-state index contributed by atoms with van der Waals surface area (Å²) < 4.78 is 12.7. The van der Waals surface area contributed by atoms with Crippen molar-refractivity contribution in [3.05, 3.63) is 105 Å². The molecule has 5 rings (SSSR count). The van der Waals surface area contributed by atoms with Crippen molar-refractivity contribution in [3.63, 3.8) is 0 Å². The van der Waals surface area contributed by atoms with Gasteiger partial charge in [-0.3, -0.25) is 4.79 Å². The van der Waals surface area contributed by atoms with Crippen LogP contribution < -0.4 is 15.9 Å². The maximum Gasteiger partial charge on any atom is 0.354 e. The molecule has 0 aliphatic rings. The Kier molecular flexibility index (Phi) is 5.63. The van der Waals surface area contributed by atoms with Gasteiger partial charge in [0.1, 0.15) is 16.0 Å². The summed E-state index contributed by atoms with van der Waals surface area (Å²) in [6.07, 6.45) is 0. The molecule has 0 amide bonds. The molecule has 6 nitrogen and oxygen atoms in total. The Hall–Kier alpha value is -3.97. The maximum atomic E-state index is 13.7. The van der Waals surface area contributed by atoms with E-state index in [2.05, 4.69) is 0 Å². The minimum absolute atomic E-state index is 0.0191. The van der Waals surface area contributed by atoms with Crippen molar-refractivity contribution in [2.75, 3.05) is 7.11 Å². The van der Waals surface area contributed by atoms with Crippen molar-refractivity contribution in [1.82, 2.24) is 4.57 Å². The van der Waals surface area contributed by atoms with Crippen LogP contribution in [0.1, 0.15) is 11.1 Å². The van der Waals surface area contributed by atoms with E-state index in [0.717, 1.165) is 27.8 Å². The third-order valence-electron chi connectivity index (χ3n) is 5.69. The van der Waals surface area contributed by atoms with E-state index in [1.165, 1.54) is 0 Å². The number of ether oxygens (including phenoxy) is 1. The number of benzene rings is 3. The number of nitrogens with zero attached hydrogens (tertiary/aromatic N) is 1. The van der Waals surface area contributed by atoms with Gasteiger partial charge in [-0.2, -0.15) is 0 Å². The number of para-hydroxylation sites is 2. The number of aromatic hydroxyl groups is 1. The van der Waals surface area contributed by atoms with Gasteiger partial charge in [-0.25, -0.2) is 4.79 Å². The Balaban J connectivity index is 1.78. The summed E-state index contributed by atoms with van der Waals surface area (Å²) in [5, 5.41) is 11.7. The Morgan fingerprint density at radius 1 is 1.00 bits per heavy atom. The van der Waals surface area contributed by atoms with E-state index in [-0.39, 0.29) is 28.2 Å². The standard InChI is InChI=1S/C27H21NO5S/c1-16-8-7-10-18(14-16)34-25-23(29)22-24(33-27(25)31)19-11-4-5-12-20(19)28(26(22)30)15-17-9-3-6-13-21(17)32-2/h3-14,29H,15H2,1-2H3. The second-order valence-corrected chi connectivity index (χ2v) is 8.99. The second-order valence-electron chi connectivity index (χ2n) is 7.91. The highest BCUT2D eigenvalue weighted by molar-refractivity contribution is 7.99. The first-order valence-electron chi connectivity index (χ1n) is 10.7. The fourth-order valence-electron chi connectivity index (χ4n) is 4.09. The van der Waals surface area contributed by atoms with E-state index in [9.17, 15) is 14.7 Å². The molecule has 1 N–H and O–H groups in total. The molecule has 0 aliphatic heterocycles. The first-order chi connectivity index (χ1) is 16.5. The number of pyridine rings is 1. The summed E-state index contributed by atoms with van der Waals surface area (Å²) in [4.78, 5) is 27.4. The summed E-state index contributed by atoms with van der Waals surface area (Å²) in [6.45, 7) is 2.16. The molecule has 0 saturated heterocycles. The number of hydrogen-bond acceptors (Lipinski definition) is 6. The summed E-state index contributed by atoms with van der Waals surface area (Å²) >= 11 is 1.08. The van der Waals surface area contributed by atoms with E-state index >= 15 is 0 Å². The smallest absolute Gasteiger partial charge is 0.354 e. The normalized spacial score (nSPS) is 11.2. The van der Waals surface area contributed by atoms with Crippen LogP contribution in [0, 0.1) is 6.92 Å². The SMILES string of the molecule is COc1ccccc1Cn1c(=O)c2c(O)c(Sc3cccc(C)c3)c(=O)oc2c2ccccc21. The van der Waals surface area contributed by atoms with Crippen molar-refractivity contribution in [3.8, 4) is 11.5 Å². The van der Waals surface area contributed by atoms with Gasteiger partial charge in [-0.05, 0) is 37.3 Å². The zero-order chi connectivity index (χ0) is 23.8. The number of rotatable bonds is 5. The fraction of sp³-hybridized carbons (Fsp3) is 0.111. The number of methoxy groups -OCH3 is 1. The Labute approximate surface area is 199 Å². The van der Waals surface area contributed by atoms with E-state index in [1.54, 1.807) is 29.9 Å². The third kappa shape index (κ3) is 3.74. The summed E-state index contributed by atoms with van der Waals surface area (Å²) in [5.74, 6) is 0.278. The van der Waals surface area contributed by atoms with Crippen LogP contribution in [0.4, 0.5) is 0 Å². The van der Waals surface area contributed by atoms with Gasteiger partial charge >= 0.3 is 5.63 Å². The van der Waals surface area contributed by atoms with Crippen LogP contribution in [0.15, 0.2) is 96.6 Å². The molecule has 2 aromatic heterocycles. The number of aryl methyl sites for hydroxylation is 1. The summed E-state index contributed by atoms with van der Waals surface area (Å²) in [5.41, 5.74) is 1.35. The highest BCUT2D eigenvalue weighted by Crippen LogP contribution is 2.37. The molecule has 0 fully saturated rings. The molecular weight excluding hydrogens is 450 g/mol. The zero-order valence-electron chi connectivity index (χ0n) is 18.6. The number of fused-ring (bicyclic) bond motifs is 3. The van der Waals surface area contributed by atoms with Crippen LogP contribution in [-0.4, -0.2) is 16.8 Å². The van der Waals surface area contributed by atoms with Crippen molar-refractivity contribution in [2.45, 2.75) is 23.3 Å². The predicted octanol–water partition coefficient (Wildman–Crippen LogP) is 5.33. The molecule has 0 spiro atoms. The van der Waals surface area contributed by atoms with Gasteiger partial charge in [-0.15, -0.1) is 0 Å². The molecule has 0 bridgehead atoms. The molecule has 0 unspecified atom stereocenters. The lowest BCUT2D eigenvalue weighted by molar-refractivity contribution is 0.408. The van der Waals surface area contributed by atoms with Crippen LogP contribution >= 0.6 is 11.8 Å². The molecule has 170 valence electrons. The Bertz CT molecular complexity index is 1670. The minimum Gasteiger partial charge on any atom is -0.505 e. The largest absolute Gasteiger partial charge is 0.505 e. The van der Waals surface area contributed by atoms with Gasteiger partial charge in [0, 0.05) is 15.8 Å². The maximum absolute atomic E-state index is 13.7. The highest BCUT2D eigenvalue weighted by atomic mass is 32.2. The molecule has 3 aromatic carbocycles. The van der Waals surface area contributed by atoms with Gasteiger partial charge in [0.05, 0.1) is 19.2 Å². The van der Waals surface area contributed by atoms with Gasteiger partial charge in [0.25, 0.3) is 5.56 Å². The average molecular weight is 472 g/mol. The summed E-state index contributed by atoms with van der Waals surface area (Å²) in [6, 6.07) is 22.2. The zero-order valence-corrected chi connectivity index (χ0v) is 19.4. The Morgan fingerprint density at radius 2 is 1.76 bits per heavy atom. The molecule has 0 radical (unpaired) electrons. The monoisotopic (exact) mass is 471 g/mol. The van der Waals surface area contributed by atoms with Crippen LogP contribution in [0.5, 0.6) is 11.5 Å². The van der Waals surface area contributed by atoms with Gasteiger partial charge in [0.2, 0.25) is 0 Å². The molecule has 0 atom stereocenters. The second kappa shape index (κ2) is 8.76. The van der Waals surface area contributed by atoms with Gasteiger partial charge < -0.3 is 18.8 Å². The van der Waals surface area contributed by atoms with E-state index in [0.29, 0.717) is 16.7 Å². The van der Waals surface area contributed by atoms with Crippen molar-refractivity contribution < 1.29 is 14.3 Å². The number of aromatic nitrogens is 1. The lowest BCUT2D eigenvalue weighted by atomic mass is 10.1. The average Bonchev–Trinajstić information content (AvgIpc) is 2.84. The van der Waals surface area contributed by atoms with Crippen LogP contribution in [-0.2, 0) is 6.54 Å².